The molecule has 0 aliphatic heterocycles. The number of carbonyl (C=O) groups is 1. The number of hydrogen-bond donors (Lipinski definition) is 2. The number of aromatic amines is 1. The summed E-state index contributed by atoms with van der Waals surface area (Å²) in [7, 11) is 0. The predicted octanol–water partition coefficient (Wildman–Crippen LogP) is 2.89. The Balaban J connectivity index is 1.41. The van der Waals surface area contributed by atoms with Gasteiger partial charge >= 0.3 is 5.97 Å². The van der Waals surface area contributed by atoms with Gasteiger partial charge in [-0.2, -0.15) is 10.2 Å². The number of pyridine rings is 1. The Kier molecular flexibility index (Phi) is 5.54. The van der Waals surface area contributed by atoms with Gasteiger partial charge in [0.1, 0.15) is 5.75 Å². The van der Waals surface area contributed by atoms with Crippen molar-refractivity contribution in [3.05, 3.63) is 48.5 Å². The van der Waals surface area contributed by atoms with Crippen LogP contribution in [-0.4, -0.2) is 42.6 Å². The van der Waals surface area contributed by atoms with E-state index in [2.05, 4.69) is 20.3 Å². The summed E-state index contributed by atoms with van der Waals surface area (Å²) in [5.41, 5.74) is 1.53. The second-order valence-corrected chi connectivity index (χ2v) is 6.77. The van der Waals surface area contributed by atoms with Crippen LogP contribution in [0, 0.1) is 0 Å². The fourth-order valence-corrected chi connectivity index (χ4v) is 2.53. The van der Waals surface area contributed by atoms with Crippen LogP contribution in [-0.2, 0) is 16.8 Å². The Bertz CT molecular complexity index is 869. The average Bonchev–Trinajstić information content (AvgIpc) is 3.34. The summed E-state index contributed by atoms with van der Waals surface area (Å²) in [6.45, 7) is 3.85. The van der Waals surface area contributed by atoms with Crippen molar-refractivity contribution in [3.63, 3.8) is 0 Å². The molecule has 0 aliphatic carbocycles. The molecule has 0 fully saturated rings. The van der Waals surface area contributed by atoms with Crippen LogP contribution < -0.4 is 4.74 Å². The van der Waals surface area contributed by atoms with Crippen LogP contribution in [0.3, 0.4) is 0 Å². The molecule has 27 heavy (non-hydrogen) atoms. The van der Waals surface area contributed by atoms with Crippen LogP contribution in [0.4, 0.5) is 0 Å². The van der Waals surface area contributed by atoms with Gasteiger partial charge in [0, 0.05) is 12.4 Å². The van der Waals surface area contributed by atoms with E-state index in [1.165, 1.54) is 4.68 Å². The van der Waals surface area contributed by atoms with Crippen molar-refractivity contribution in [1.29, 1.82) is 0 Å². The summed E-state index contributed by atoms with van der Waals surface area (Å²) in [6, 6.07) is 7.50. The second kappa shape index (κ2) is 8.03. The smallest absolute Gasteiger partial charge is 0.331 e. The molecule has 0 aliphatic rings. The summed E-state index contributed by atoms with van der Waals surface area (Å²) >= 11 is 0. The summed E-state index contributed by atoms with van der Waals surface area (Å²) in [4.78, 5) is 15.6. The van der Waals surface area contributed by atoms with E-state index in [0.29, 0.717) is 6.61 Å². The number of nitrogens with zero attached hydrogens (tertiary/aromatic N) is 4. The van der Waals surface area contributed by atoms with E-state index in [1.807, 2.05) is 24.3 Å². The van der Waals surface area contributed by atoms with Crippen molar-refractivity contribution in [1.82, 2.24) is 25.0 Å². The molecule has 0 spiro atoms. The minimum Gasteiger partial charge on any atom is -0.492 e. The molecule has 0 amide bonds. The molecule has 0 saturated heterocycles. The van der Waals surface area contributed by atoms with Gasteiger partial charge in [-0.15, -0.1) is 0 Å². The molecule has 0 unspecified atom stereocenters. The van der Waals surface area contributed by atoms with Gasteiger partial charge in [-0.05, 0) is 57.4 Å². The predicted molar refractivity (Wildman–Crippen MR) is 99.4 cm³/mol. The lowest BCUT2D eigenvalue weighted by Gasteiger charge is -2.19. The van der Waals surface area contributed by atoms with Gasteiger partial charge in [-0.1, -0.05) is 0 Å². The number of carboxylic acids is 1. The van der Waals surface area contributed by atoms with E-state index in [1.54, 1.807) is 32.4 Å². The van der Waals surface area contributed by atoms with Crippen LogP contribution >= 0.6 is 0 Å². The minimum absolute atomic E-state index is 0.590. The van der Waals surface area contributed by atoms with Crippen LogP contribution in [0.1, 0.15) is 32.4 Å². The highest BCUT2D eigenvalue weighted by atomic mass is 16.5. The van der Waals surface area contributed by atoms with Gasteiger partial charge in [0.2, 0.25) is 0 Å². The maximum absolute atomic E-state index is 11.3. The van der Waals surface area contributed by atoms with Crippen LogP contribution in [0.5, 0.6) is 5.75 Å². The normalized spacial score (nSPS) is 11.5. The minimum atomic E-state index is -1.04. The SMILES string of the molecule is CC(C)(C(=O)O)n1ccc(CCCCOc2ccc(-c3ccn[nH]3)nc2)n1. The molecule has 3 heterocycles. The molecule has 8 heteroatoms. The number of ether oxygens (including phenoxy) is 1. The van der Waals surface area contributed by atoms with Gasteiger partial charge in [0.05, 0.1) is 29.9 Å². The molecule has 0 aromatic carbocycles. The summed E-state index contributed by atoms with van der Waals surface area (Å²) in [5.74, 6) is -0.177. The number of rotatable bonds is 9. The topological polar surface area (TPSA) is 106 Å². The molecule has 0 bridgehead atoms. The quantitative estimate of drug-likeness (QED) is 0.562. The maximum Gasteiger partial charge on any atom is 0.331 e. The van der Waals surface area contributed by atoms with Crippen LogP contribution in [0.15, 0.2) is 42.9 Å². The molecule has 2 N–H and O–H groups in total. The van der Waals surface area contributed by atoms with E-state index in [-0.39, 0.29) is 0 Å². The van der Waals surface area contributed by atoms with Crippen molar-refractivity contribution in [2.24, 2.45) is 0 Å². The third-order valence-electron chi connectivity index (χ3n) is 4.35. The first-order chi connectivity index (χ1) is 13.0. The number of aromatic nitrogens is 5. The first-order valence-electron chi connectivity index (χ1n) is 8.84. The summed E-state index contributed by atoms with van der Waals surface area (Å²) < 4.78 is 7.21. The third-order valence-corrected chi connectivity index (χ3v) is 4.35. The molecule has 3 aromatic rings. The fourth-order valence-electron chi connectivity index (χ4n) is 2.53. The highest BCUT2D eigenvalue weighted by Gasteiger charge is 2.30. The number of H-pyrrole nitrogens is 1. The van der Waals surface area contributed by atoms with E-state index < -0.39 is 11.5 Å². The zero-order chi connectivity index (χ0) is 19.3. The van der Waals surface area contributed by atoms with E-state index >= 15 is 0 Å². The lowest BCUT2D eigenvalue weighted by atomic mass is 10.1. The molecule has 0 atom stereocenters. The largest absolute Gasteiger partial charge is 0.492 e. The molecular weight excluding hydrogens is 346 g/mol. The molecule has 0 radical (unpaired) electrons. The average molecular weight is 369 g/mol. The van der Waals surface area contributed by atoms with Crippen molar-refractivity contribution in [2.75, 3.05) is 6.61 Å². The number of unbranched alkanes of at least 4 members (excludes halogenated alkanes) is 1. The fraction of sp³-hybridized carbons (Fsp3) is 0.368. The lowest BCUT2D eigenvalue weighted by Crippen LogP contribution is -2.36. The van der Waals surface area contributed by atoms with E-state index in [4.69, 9.17) is 4.74 Å². The zero-order valence-corrected chi connectivity index (χ0v) is 15.4. The van der Waals surface area contributed by atoms with Crippen molar-refractivity contribution in [3.8, 4) is 17.1 Å². The monoisotopic (exact) mass is 369 g/mol. The number of aryl methyl sites for hydroxylation is 1. The number of aliphatic carboxylic acids is 1. The van der Waals surface area contributed by atoms with Gasteiger partial charge in [0.25, 0.3) is 0 Å². The lowest BCUT2D eigenvalue weighted by molar-refractivity contribution is -0.146. The van der Waals surface area contributed by atoms with Crippen molar-refractivity contribution < 1.29 is 14.6 Å². The van der Waals surface area contributed by atoms with Gasteiger partial charge in [-0.3, -0.25) is 14.8 Å². The molecule has 3 aromatic heterocycles. The van der Waals surface area contributed by atoms with Crippen molar-refractivity contribution in [2.45, 2.75) is 38.6 Å². The number of nitrogens with one attached hydrogen (secondary N) is 1. The van der Waals surface area contributed by atoms with Crippen LogP contribution in [0.2, 0.25) is 0 Å². The van der Waals surface area contributed by atoms with Gasteiger partial charge in [0.15, 0.2) is 5.54 Å². The summed E-state index contributed by atoms with van der Waals surface area (Å²) in [6.07, 6.45) is 7.66. The van der Waals surface area contributed by atoms with Crippen molar-refractivity contribution >= 4 is 5.97 Å². The molecule has 0 saturated carbocycles. The third kappa shape index (κ3) is 4.52. The highest BCUT2D eigenvalue weighted by Crippen LogP contribution is 2.18. The zero-order valence-electron chi connectivity index (χ0n) is 15.4. The van der Waals surface area contributed by atoms with Crippen LogP contribution in [0.25, 0.3) is 11.4 Å². The van der Waals surface area contributed by atoms with Gasteiger partial charge in [-0.25, -0.2) is 4.79 Å². The Morgan fingerprint density at radius 3 is 2.78 bits per heavy atom. The first-order valence-corrected chi connectivity index (χ1v) is 8.84. The molecule has 3 rings (SSSR count). The Morgan fingerprint density at radius 2 is 2.11 bits per heavy atom. The first kappa shape index (κ1) is 18.6. The Labute approximate surface area is 157 Å². The number of hydrogen-bond acceptors (Lipinski definition) is 5. The molecule has 142 valence electrons. The van der Waals surface area contributed by atoms with E-state index in [9.17, 15) is 9.90 Å². The standard InChI is InChI=1S/C19H23N5O3/c1-19(2,18(25)26)24-11-9-14(23-24)5-3-4-12-27-15-6-7-16(20-13-15)17-8-10-21-22-17/h6-11,13H,3-5,12H2,1-2H3,(H,21,22)(H,25,26). The Hall–Kier alpha value is -3.16. The highest BCUT2D eigenvalue weighted by molar-refractivity contribution is 5.75. The van der Waals surface area contributed by atoms with Gasteiger partial charge < -0.3 is 9.84 Å². The molecule has 8 nitrogen and oxygen atoms in total. The maximum atomic E-state index is 11.3. The Morgan fingerprint density at radius 1 is 1.26 bits per heavy atom. The molecular formula is C19H23N5O3. The number of carboxylic acid groups (broad SMARTS) is 1. The second-order valence-electron chi connectivity index (χ2n) is 6.77. The van der Waals surface area contributed by atoms with E-state index in [0.717, 1.165) is 42.1 Å². The summed E-state index contributed by atoms with van der Waals surface area (Å²) in [5, 5.41) is 20.4.